The average molecular weight is 296 g/mol. The van der Waals surface area contributed by atoms with Crippen molar-refractivity contribution in [3.8, 4) is 17.4 Å². The maximum atomic E-state index is 5.74. The van der Waals surface area contributed by atoms with E-state index in [0.717, 1.165) is 5.69 Å². The van der Waals surface area contributed by atoms with Gasteiger partial charge >= 0.3 is 0 Å². The molecule has 17 heavy (non-hydrogen) atoms. The minimum atomic E-state index is 0.380. The summed E-state index contributed by atoms with van der Waals surface area (Å²) >= 11 is 3.30. The second-order valence-electron chi connectivity index (χ2n) is 3.29. The summed E-state index contributed by atoms with van der Waals surface area (Å²) in [6.07, 6.45) is 0. The fourth-order valence-electron chi connectivity index (χ4n) is 1.24. The fourth-order valence-corrected chi connectivity index (χ4v) is 1.42. The highest BCUT2D eigenvalue weighted by molar-refractivity contribution is 9.10. The normalized spacial score (nSPS) is 10.3. The van der Waals surface area contributed by atoms with Gasteiger partial charge in [0.25, 0.3) is 0 Å². The number of halogens is 1. The van der Waals surface area contributed by atoms with Crippen molar-refractivity contribution < 1.29 is 4.74 Å². The van der Waals surface area contributed by atoms with Crippen LogP contribution in [0.15, 0.2) is 16.6 Å². The summed E-state index contributed by atoms with van der Waals surface area (Å²) in [5.41, 5.74) is 7.05. The van der Waals surface area contributed by atoms with Crippen LogP contribution in [0, 0.1) is 6.92 Å². The minimum Gasteiger partial charge on any atom is -0.480 e. The van der Waals surface area contributed by atoms with E-state index >= 15 is 0 Å². The number of hydrogen-bond donors (Lipinski definition) is 1. The third-order valence-corrected chi connectivity index (χ3v) is 3.10. The molecular weight excluding hydrogens is 286 g/mol. The van der Waals surface area contributed by atoms with Gasteiger partial charge in [0, 0.05) is 6.07 Å². The van der Waals surface area contributed by atoms with E-state index in [4.69, 9.17) is 10.5 Å². The minimum absolute atomic E-state index is 0.380. The lowest BCUT2D eigenvalue weighted by Crippen LogP contribution is -2.02. The van der Waals surface area contributed by atoms with Gasteiger partial charge in [0.05, 0.1) is 17.3 Å². The predicted molar refractivity (Wildman–Crippen MR) is 66.5 cm³/mol. The molecular formula is C10H10BrN5O. The van der Waals surface area contributed by atoms with Crippen molar-refractivity contribution in [2.45, 2.75) is 6.92 Å². The molecule has 2 aromatic rings. The Bertz CT molecular complexity index is 520. The smallest absolute Gasteiger partial charge is 0.233 e. The van der Waals surface area contributed by atoms with Crippen LogP contribution in [0.3, 0.4) is 0 Å². The number of nitrogens with zero attached hydrogens (tertiary/aromatic N) is 4. The third-order valence-electron chi connectivity index (χ3n) is 2.12. The Balaban J connectivity index is 2.45. The first kappa shape index (κ1) is 11.7. The monoisotopic (exact) mass is 295 g/mol. The van der Waals surface area contributed by atoms with Gasteiger partial charge < -0.3 is 10.5 Å². The van der Waals surface area contributed by atoms with Gasteiger partial charge in [-0.2, -0.15) is 0 Å². The highest BCUT2D eigenvalue weighted by Crippen LogP contribution is 2.23. The number of rotatable bonds is 2. The van der Waals surface area contributed by atoms with Crippen LogP contribution in [0.1, 0.15) is 5.69 Å². The molecule has 0 saturated carbocycles. The zero-order valence-corrected chi connectivity index (χ0v) is 10.9. The van der Waals surface area contributed by atoms with E-state index in [1.54, 1.807) is 12.1 Å². The predicted octanol–water partition coefficient (Wildman–Crippen LogP) is 1.60. The van der Waals surface area contributed by atoms with Crippen LogP contribution < -0.4 is 10.5 Å². The Morgan fingerprint density at radius 3 is 2.53 bits per heavy atom. The van der Waals surface area contributed by atoms with Gasteiger partial charge in [-0.25, -0.2) is 9.97 Å². The number of hydrogen-bond acceptors (Lipinski definition) is 6. The van der Waals surface area contributed by atoms with Crippen molar-refractivity contribution >= 4 is 21.7 Å². The van der Waals surface area contributed by atoms with Crippen LogP contribution in [0.25, 0.3) is 11.5 Å². The second kappa shape index (κ2) is 4.62. The summed E-state index contributed by atoms with van der Waals surface area (Å²) in [5, 5.41) is 7.81. The largest absolute Gasteiger partial charge is 0.480 e. The Morgan fingerprint density at radius 1 is 1.24 bits per heavy atom. The van der Waals surface area contributed by atoms with Crippen LogP contribution >= 0.6 is 15.9 Å². The zero-order chi connectivity index (χ0) is 12.4. The Kier molecular flexibility index (Phi) is 3.19. The molecule has 0 aliphatic rings. The van der Waals surface area contributed by atoms with E-state index in [9.17, 15) is 0 Å². The summed E-state index contributed by atoms with van der Waals surface area (Å²) in [6.45, 7) is 1.84. The van der Waals surface area contributed by atoms with Crippen molar-refractivity contribution in [2.24, 2.45) is 0 Å². The van der Waals surface area contributed by atoms with Crippen LogP contribution in [0.2, 0.25) is 0 Å². The molecule has 2 N–H and O–H groups in total. The Labute approximate surface area is 106 Å². The number of aromatic nitrogens is 4. The molecule has 2 rings (SSSR count). The van der Waals surface area contributed by atoms with Crippen molar-refractivity contribution in [3.05, 3.63) is 22.3 Å². The molecule has 2 aromatic heterocycles. The highest BCUT2D eigenvalue weighted by atomic mass is 79.9. The Morgan fingerprint density at radius 2 is 2.00 bits per heavy atom. The van der Waals surface area contributed by atoms with Gasteiger partial charge in [0.1, 0.15) is 11.5 Å². The molecule has 0 aliphatic carbocycles. The molecule has 0 atom stereocenters. The van der Waals surface area contributed by atoms with Crippen LogP contribution in [0.5, 0.6) is 5.88 Å². The number of methoxy groups -OCH3 is 1. The molecule has 0 unspecified atom stereocenters. The molecule has 0 bridgehead atoms. The second-order valence-corrected chi connectivity index (χ2v) is 4.09. The summed E-state index contributed by atoms with van der Waals surface area (Å²) in [6, 6.07) is 3.42. The first-order valence-electron chi connectivity index (χ1n) is 4.79. The van der Waals surface area contributed by atoms with Gasteiger partial charge in [-0.3, -0.25) is 0 Å². The molecule has 0 aliphatic heterocycles. The number of aryl methyl sites for hydroxylation is 1. The van der Waals surface area contributed by atoms with E-state index in [1.807, 2.05) is 6.92 Å². The molecule has 88 valence electrons. The first-order chi connectivity index (χ1) is 8.11. The Hall–Kier alpha value is -1.76. The van der Waals surface area contributed by atoms with Crippen molar-refractivity contribution in [2.75, 3.05) is 12.8 Å². The number of ether oxygens (including phenoxy) is 1. The fraction of sp³-hybridized carbons (Fsp3) is 0.200. The van der Waals surface area contributed by atoms with Crippen molar-refractivity contribution in [1.82, 2.24) is 20.2 Å². The van der Waals surface area contributed by atoms with Crippen LogP contribution in [-0.2, 0) is 0 Å². The molecule has 0 saturated heterocycles. The summed E-state index contributed by atoms with van der Waals surface area (Å²) in [5.74, 6) is 1.26. The van der Waals surface area contributed by atoms with Gasteiger partial charge in [-0.15, -0.1) is 10.2 Å². The molecule has 7 heteroatoms. The standard InChI is InChI=1S/C10H10BrN5O/c1-5-8(11)9(12)14-10(13-5)6-3-4-7(17-2)16-15-6/h3-4H,1-2H3,(H2,12,13,14). The van der Waals surface area contributed by atoms with Crippen LogP contribution in [-0.4, -0.2) is 27.3 Å². The van der Waals surface area contributed by atoms with E-state index in [2.05, 4.69) is 36.1 Å². The molecule has 6 nitrogen and oxygen atoms in total. The van der Waals surface area contributed by atoms with E-state index < -0.39 is 0 Å². The lowest BCUT2D eigenvalue weighted by Gasteiger charge is -2.05. The van der Waals surface area contributed by atoms with Crippen molar-refractivity contribution in [1.29, 1.82) is 0 Å². The number of nitrogens with two attached hydrogens (primary N) is 1. The topological polar surface area (TPSA) is 86.8 Å². The molecule has 0 fully saturated rings. The average Bonchev–Trinajstić information content (AvgIpc) is 2.35. The van der Waals surface area contributed by atoms with E-state index in [-0.39, 0.29) is 0 Å². The summed E-state index contributed by atoms with van der Waals surface area (Å²) < 4.78 is 5.62. The van der Waals surface area contributed by atoms with Gasteiger partial charge in [-0.05, 0) is 28.9 Å². The van der Waals surface area contributed by atoms with Gasteiger partial charge in [0.2, 0.25) is 5.88 Å². The summed E-state index contributed by atoms with van der Waals surface area (Å²) in [4.78, 5) is 8.41. The van der Waals surface area contributed by atoms with E-state index in [1.165, 1.54) is 7.11 Å². The number of nitrogen functional groups attached to an aromatic ring is 1. The SMILES string of the molecule is COc1ccc(-c2nc(C)c(Br)c(N)n2)nn1. The maximum absolute atomic E-state index is 5.74. The zero-order valence-electron chi connectivity index (χ0n) is 9.31. The molecule has 0 aromatic carbocycles. The lowest BCUT2D eigenvalue weighted by molar-refractivity contribution is 0.392. The first-order valence-corrected chi connectivity index (χ1v) is 5.59. The quantitative estimate of drug-likeness (QED) is 0.905. The lowest BCUT2D eigenvalue weighted by atomic mass is 10.3. The third kappa shape index (κ3) is 2.33. The van der Waals surface area contributed by atoms with Crippen molar-refractivity contribution in [3.63, 3.8) is 0 Å². The molecule has 0 radical (unpaired) electrons. The van der Waals surface area contributed by atoms with Crippen LogP contribution in [0.4, 0.5) is 5.82 Å². The maximum Gasteiger partial charge on any atom is 0.233 e. The molecule has 2 heterocycles. The summed E-state index contributed by atoms with van der Waals surface area (Å²) in [7, 11) is 1.53. The van der Waals surface area contributed by atoms with Gasteiger partial charge in [0.15, 0.2) is 5.82 Å². The number of anilines is 1. The highest BCUT2D eigenvalue weighted by Gasteiger charge is 2.10. The molecule has 0 amide bonds. The van der Waals surface area contributed by atoms with E-state index in [0.29, 0.717) is 27.7 Å². The molecule has 0 spiro atoms. The van der Waals surface area contributed by atoms with Gasteiger partial charge in [-0.1, -0.05) is 0 Å².